The second kappa shape index (κ2) is 5.03. The van der Waals surface area contributed by atoms with Gasteiger partial charge in [0.05, 0.1) is 0 Å². The van der Waals surface area contributed by atoms with E-state index < -0.39 is 0 Å². The van der Waals surface area contributed by atoms with Gasteiger partial charge >= 0.3 is 0 Å². The average Bonchev–Trinajstić information content (AvgIpc) is 2.18. The lowest BCUT2D eigenvalue weighted by atomic mass is 9.98. The topological polar surface area (TPSA) is 26.0 Å². The fourth-order valence-electron chi connectivity index (χ4n) is 1.48. The van der Waals surface area contributed by atoms with Crippen LogP contribution in [-0.4, -0.2) is 6.54 Å². The highest BCUT2D eigenvalue weighted by molar-refractivity contribution is 5.26. The zero-order chi connectivity index (χ0) is 9.68. The van der Waals surface area contributed by atoms with Crippen LogP contribution in [0.2, 0.25) is 0 Å². The van der Waals surface area contributed by atoms with Gasteiger partial charge in [-0.05, 0) is 30.0 Å². The highest BCUT2D eigenvalue weighted by Crippen LogP contribution is 2.15. The van der Waals surface area contributed by atoms with Crippen LogP contribution in [0, 0.1) is 0 Å². The summed E-state index contributed by atoms with van der Waals surface area (Å²) in [6.45, 7) is 5.11. The second-order valence-corrected chi connectivity index (χ2v) is 3.63. The quantitative estimate of drug-likeness (QED) is 0.752. The fourth-order valence-corrected chi connectivity index (χ4v) is 1.48. The van der Waals surface area contributed by atoms with Crippen LogP contribution in [0.5, 0.6) is 0 Å². The van der Waals surface area contributed by atoms with Crippen molar-refractivity contribution in [3.8, 4) is 0 Å². The summed E-state index contributed by atoms with van der Waals surface area (Å²) >= 11 is 0. The summed E-state index contributed by atoms with van der Waals surface area (Å²) in [5.41, 5.74) is 8.43. The molecule has 1 unspecified atom stereocenters. The van der Waals surface area contributed by atoms with E-state index in [1.165, 1.54) is 24.0 Å². The molecule has 2 N–H and O–H groups in total. The number of benzene rings is 1. The molecule has 1 rings (SSSR count). The number of nitrogens with two attached hydrogens (primary N) is 1. The third kappa shape index (κ3) is 2.85. The summed E-state index contributed by atoms with van der Waals surface area (Å²) in [7, 11) is 0. The molecule has 0 spiro atoms. The number of hydrogen-bond donors (Lipinski definition) is 1. The zero-order valence-electron chi connectivity index (χ0n) is 8.59. The van der Waals surface area contributed by atoms with E-state index in [2.05, 4.69) is 38.1 Å². The molecule has 72 valence electrons. The first-order valence-electron chi connectivity index (χ1n) is 5.06. The molecule has 0 saturated heterocycles. The van der Waals surface area contributed by atoms with Gasteiger partial charge in [-0.15, -0.1) is 0 Å². The van der Waals surface area contributed by atoms with Gasteiger partial charge < -0.3 is 5.73 Å². The Labute approximate surface area is 81.0 Å². The predicted molar refractivity (Wildman–Crippen MR) is 57.9 cm³/mol. The molecule has 0 bridgehead atoms. The van der Waals surface area contributed by atoms with E-state index in [1.54, 1.807) is 0 Å². The molecule has 0 amide bonds. The zero-order valence-corrected chi connectivity index (χ0v) is 8.59. The molecule has 1 aromatic carbocycles. The van der Waals surface area contributed by atoms with Gasteiger partial charge in [-0.3, -0.25) is 0 Å². The molecule has 0 radical (unpaired) electrons. The van der Waals surface area contributed by atoms with Crippen molar-refractivity contribution in [2.75, 3.05) is 6.54 Å². The first kappa shape index (κ1) is 10.3. The van der Waals surface area contributed by atoms with Gasteiger partial charge in [0, 0.05) is 0 Å². The van der Waals surface area contributed by atoms with Gasteiger partial charge in [-0.2, -0.15) is 0 Å². The smallest absolute Gasteiger partial charge is 0.00109 e. The Morgan fingerprint density at radius 2 is 2.15 bits per heavy atom. The van der Waals surface area contributed by atoms with Gasteiger partial charge in [-0.25, -0.2) is 0 Å². The van der Waals surface area contributed by atoms with Crippen molar-refractivity contribution >= 4 is 0 Å². The Bertz CT molecular complexity index is 255. The van der Waals surface area contributed by atoms with Crippen molar-refractivity contribution in [3.05, 3.63) is 35.4 Å². The summed E-state index contributed by atoms with van der Waals surface area (Å²) in [6.07, 6.45) is 2.38. The van der Waals surface area contributed by atoms with Crippen molar-refractivity contribution in [1.82, 2.24) is 0 Å². The summed E-state index contributed by atoms with van der Waals surface area (Å²) < 4.78 is 0. The maximum Gasteiger partial charge on any atom is -0.00109 e. The van der Waals surface area contributed by atoms with Crippen LogP contribution in [0.3, 0.4) is 0 Å². The molecule has 0 fully saturated rings. The molecular weight excluding hydrogens is 158 g/mol. The predicted octanol–water partition coefficient (Wildman–Crippen LogP) is 2.70. The van der Waals surface area contributed by atoms with Gasteiger partial charge in [0.25, 0.3) is 0 Å². The first-order chi connectivity index (χ1) is 6.27. The molecule has 0 aromatic heterocycles. The molecule has 0 aliphatic heterocycles. The van der Waals surface area contributed by atoms with E-state index in [1.807, 2.05) is 0 Å². The minimum absolute atomic E-state index is 0.483. The molecule has 0 saturated carbocycles. The average molecular weight is 177 g/mol. The lowest BCUT2D eigenvalue weighted by molar-refractivity contribution is 0.770. The molecule has 0 aliphatic carbocycles. The van der Waals surface area contributed by atoms with E-state index in [4.69, 9.17) is 5.73 Å². The highest BCUT2D eigenvalue weighted by Gasteiger charge is 2.02. The van der Waals surface area contributed by atoms with Crippen molar-refractivity contribution < 1.29 is 0 Å². The van der Waals surface area contributed by atoms with Crippen LogP contribution in [-0.2, 0) is 6.42 Å². The number of hydrogen-bond acceptors (Lipinski definition) is 1. The van der Waals surface area contributed by atoms with E-state index in [-0.39, 0.29) is 0 Å². The molecule has 0 aliphatic rings. The molecule has 1 atom stereocenters. The minimum atomic E-state index is 0.483. The molecule has 1 aromatic rings. The maximum atomic E-state index is 5.63. The van der Waals surface area contributed by atoms with E-state index in [9.17, 15) is 0 Å². The number of aryl methyl sites for hydroxylation is 1. The standard InChI is InChI=1S/C12H19N/c1-3-5-11-6-4-7-12(8-11)10(2)9-13/h4,6-8,10H,3,5,9,13H2,1-2H3. The third-order valence-corrected chi connectivity index (χ3v) is 2.41. The molecular formula is C12H19N. The molecule has 1 heteroatoms. The van der Waals surface area contributed by atoms with Crippen LogP contribution in [0.4, 0.5) is 0 Å². The van der Waals surface area contributed by atoms with Crippen LogP contribution >= 0.6 is 0 Å². The van der Waals surface area contributed by atoms with Crippen molar-refractivity contribution in [2.45, 2.75) is 32.6 Å². The molecule has 1 nitrogen and oxygen atoms in total. The van der Waals surface area contributed by atoms with Crippen molar-refractivity contribution in [1.29, 1.82) is 0 Å². The van der Waals surface area contributed by atoms with Crippen molar-refractivity contribution in [2.24, 2.45) is 5.73 Å². The first-order valence-corrected chi connectivity index (χ1v) is 5.06. The SMILES string of the molecule is CCCc1cccc(C(C)CN)c1. The summed E-state index contributed by atoms with van der Waals surface area (Å²) in [5.74, 6) is 0.483. The minimum Gasteiger partial charge on any atom is -0.330 e. The third-order valence-electron chi connectivity index (χ3n) is 2.41. The normalized spacial score (nSPS) is 12.8. The van der Waals surface area contributed by atoms with Crippen molar-refractivity contribution in [3.63, 3.8) is 0 Å². The van der Waals surface area contributed by atoms with E-state index in [0.29, 0.717) is 5.92 Å². The molecule has 13 heavy (non-hydrogen) atoms. The van der Waals surface area contributed by atoms with E-state index >= 15 is 0 Å². The second-order valence-electron chi connectivity index (χ2n) is 3.63. The Balaban J connectivity index is 2.78. The lowest BCUT2D eigenvalue weighted by Crippen LogP contribution is -2.08. The summed E-state index contributed by atoms with van der Waals surface area (Å²) in [5, 5.41) is 0. The summed E-state index contributed by atoms with van der Waals surface area (Å²) in [6, 6.07) is 8.76. The monoisotopic (exact) mass is 177 g/mol. The van der Waals surface area contributed by atoms with Crippen LogP contribution < -0.4 is 5.73 Å². The van der Waals surface area contributed by atoms with Gasteiger partial charge in [0.1, 0.15) is 0 Å². The highest BCUT2D eigenvalue weighted by atomic mass is 14.5. The summed E-state index contributed by atoms with van der Waals surface area (Å²) in [4.78, 5) is 0. The molecule has 0 heterocycles. The Hall–Kier alpha value is -0.820. The fraction of sp³-hybridized carbons (Fsp3) is 0.500. The van der Waals surface area contributed by atoms with Gasteiger partial charge in [0.15, 0.2) is 0 Å². The Kier molecular flexibility index (Phi) is 3.97. The Morgan fingerprint density at radius 1 is 1.38 bits per heavy atom. The lowest BCUT2D eigenvalue weighted by Gasteiger charge is -2.10. The van der Waals surface area contributed by atoms with Crippen LogP contribution in [0.15, 0.2) is 24.3 Å². The van der Waals surface area contributed by atoms with Gasteiger partial charge in [-0.1, -0.05) is 44.5 Å². The van der Waals surface area contributed by atoms with E-state index in [0.717, 1.165) is 6.54 Å². The maximum absolute atomic E-state index is 5.63. The van der Waals surface area contributed by atoms with Gasteiger partial charge in [0.2, 0.25) is 0 Å². The van der Waals surface area contributed by atoms with Crippen LogP contribution in [0.25, 0.3) is 0 Å². The number of rotatable bonds is 4. The largest absolute Gasteiger partial charge is 0.330 e. The Morgan fingerprint density at radius 3 is 2.77 bits per heavy atom. The van der Waals surface area contributed by atoms with Crippen LogP contribution in [0.1, 0.15) is 37.3 Å².